The maximum Gasteiger partial charge on any atom is 0.527 e. The maximum absolute atomic E-state index is 12.7. The van der Waals surface area contributed by atoms with Crippen LogP contribution in [0.1, 0.15) is 102 Å². The third-order valence-electron chi connectivity index (χ3n) is 7.60. The first-order valence-corrected chi connectivity index (χ1v) is 18.3. The number of phosphoric ester groups is 1. The molecule has 0 amide bonds. The lowest BCUT2D eigenvalue weighted by Gasteiger charge is -2.23. The fraction of sp³-hybridized carbons (Fsp3) is 0.559. The van der Waals surface area contributed by atoms with Crippen LogP contribution in [0.5, 0.6) is 11.5 Å². The monoisotopic (exact) mass is 632 g/mol. The Kier molecular flexibility index (Phi) is 16.3. The van der Waals surface area contributed by atoms with Crippen molar-refractivity contribution in [2.75, 3.05) is 20.3 Å². The summed E-state index contributed by atoms with van der Waals surface area (Å²) in [6.45, 7) is 5.18. The molecule has 0 spiro atoms. The second-order valence-corrected chi connectivity index (χ2v) is 13.3. The van der Waals surface area contributed by atoms with E-state index in [1.54, 1.807) is 36.6 Å². The van der Waals surface area contributed by atoms with Gasteiger partial charge < -0.3 is 14.0 Å². The van der Waals surface area contributed by atoms with Gasteiger partial charge in [-0.2, -0.15) is 4.57 Å². The van der Waals surface area contributed by atoms with Crippen molar-refractivity contribution in [3.63, 3.8) is 0 Å². The lowest BCUT2D eigenvalue weighted by atomic mass is 9.88. The third-order valence-corrected chi connectivity index (χ3v) is 9.18. The highest BCUT2D eigenvalue weighted by molar-refractivity contribution is 7.47. The number of ether oxygens (including phenoxy) is 2. The number of hydrogen-bond acceptors (Lipinski definition) is 6. The van der Waals surface area contributed by atoms with Gasteiger partial charge in [0.1, 0.15) is 24.2 Å². The second kappa shape index (κ2) is 19.9. The van der Waals surface area contributed by atoms with Crippen molar-refractivity contribution >= 4 is 19.2 Å². The Morgan fingerprint density at radius 2 is 1.67 bits per heavy atom. The summed E-state index contributed by atoms with van der Waals surface area (Å²) in [7, 11) is -2.83. The molecule has 0 bridgehead atoms. The van der Waals surface area contributed by atoms with E-state index in [2.05, 4.69) is 26.0 Å². The summed E-state index contributed by atoms with van der Waals surface area (Å²) in [5.74, 6) is 1.56. The minimum absolute atomic E-state index is 0.145. The molecule has 0 radical (unpaired) electrons. The first kappa shape index (κ1) is 35.3. The Labute approximate surface area is 262 Å². The number of methoxy groups -OCH3 is 1. The zero-order chi connectivity index (χ0) is 30.8. The number of thiazole rings is 1. The topological polar surface area (TPSA) is 78.1 Å². The fourth-order valence-corrected chi connectivity index (χ4v) is 6.63. The minimum atomic E-state index is -4.37. The molecule has 3 aromatic rings. The maximum atomic E-state index is 12.7. The zero-order valence-corrected chi connectivity index (χ0v) is 27.9. The van der Waals surface area contributed by atoms with Gasteiger partial charge >= 0.3 is 7.82 Å². The Bertz CT molecular complexity index is 1210. The van der Waals surface area contributed by atoms with Gasteiger partial charge in [0.25, 0.3) is 0 Å². The van der Waals surface area contributed by atoms with Crippen LogP contribution in [0.15, 0.2) is 65.6 Å². The number of benzene rings is 2. The number of phosphoric acid groups is 1. The molecule has 0 aliphatic heterocycles. The Morgan fingerprint density at radius 1 is 0.907 bits per heavy atom. The standard InChI is InChI=1S/C34H50NO6PS/c1-4-6-7-8-9-10-11-12-18-30(16-5-2)33-20-13-14-21-34(33)39-26-32(38-3)27-40-42(36,37)41-31-19-15-17-29(24-31)25-35-22-23-43-28-35/h13-15,17,19-24,28,30,32H,4-12,16,18,25-27H2,1-3H3/p+1. The van der Waals surface area contributed by atoms with Crippen LogP contribution in [0.25, 0.3) is 0 Å². The normalized spacial score (nSPS) is 14.2. The molecule has 0 saturated carbocycles. The number of hydrogen-bond donors (Lipinski definition) is 1. The molecule has 2 aromatic carbocycles. The van der Waals surface area contributed by atoms with Crippen LogP contribution in [0.3, 0.4) is 0 Å². The summed E-state index contributed by atoms with van der Waals surface area (Å²) in [6.07, 6.45) is 15.3. The molecule has 3 atom stereocenters. The molecule has 3 rings (SSSR count). The van der Waals surface area contributed by atoms with Gasteiger partial charge in [-0.05, 0) is 42.5 Å². The molecule has 238 valence electrons. The average Bonchev–Trinajstić information content (AvgIpc) is 3.51. The predicted molar refractivity (Wildman–Crippen MR) is 174 cm³/mol. The van der Waals surface area contributed by atoms with E-state index in [1.165, 1.54) is 56.9 Å². The molecule has 0 fully saturated rings. The van der Waals surface area contributed by atoms with Crippen molar-refractivity contribution in [1.29, 1.82) is 0 Å². The molecule has 1 aromatic heterocycles. The summed E-state index contributed by atoms with van der Waals surface area (Å²) >= 11 is 1.60. The molecule has 3 unspecified atom stereocenters. The number of rotatable bonds is 23. The van der Waals surface area contributed by atoms with E-state index in [1.807, 2.05) is 39.9 Å². The molecule has 43 heavy (non-hydrogen) atoms. The highest BCUT2D eigenvalue weighted by atomic mass is 32.1. The van der Waals surface area contributed by atoms with Crippen molar-refractivity contribution in [2.45, 2.75) is 103 Å². The Hall–Kier alpha value is -2.22. The smallest absolute Gasteiger partial charge is 0.490 e. The van der Waals surface area contributed by atoms with Crippen LogP contribution in [0, 0.1) is 0 Å². The van der Waals surface area contributed by atoms with Gasteiger partial charge in [0.05, 0.1) is 12.0 Å². The Balaban J connectivity index is 1.49. The summed E-state index contributed by atoms with van der Waals surface area (Å²) < 4.78 is 37.2. The van der Waals surface area contributed by atoms with Gasteiger partial charge in [-0.1, -0.05) is 113 Å². The van der Waals surface area contributed by atoms with Gasteiger partial charge in [0.15, 0.2) is 12.7 Å². The average molecular weight is 633 g/mol. The summed E-state index contributed by atoms with van der Waals surface area (Å²) in [5, 5.41) is 1.99. The van der Waals surface area contributed by atoms with Gasteiger partial charge in [0.2, 0.25) is 5.51 Å². The van der Waals surface area contributed by atoms with Gasteiger partial charge in [0, 0.05) is 12.7 Å². The number of aromatic nitrogens is 1. The molecular weight excluding hydrogens is 581 g/mol. The van der Waals surface area contributed by atoms with Crippen molar-refractivity contribution in [1.82, 2.24) is 0 Å². The van der Waals surface area contributed by atoms with Crippen LogP contribution in [-0.2, 0) is 20.4 Å². The molecule has 0 aliphatic carbocycles. The van der Waals surface area contributed by atoms with Gasteiger partial charge in [-0.25, -0.2) is 4.57 Å². The molecule has 1 heterocycles. The van der Waals surface area contributed by atoms with Crippen LogP contribution in [0.2, 0.25) is 0 Å². The molecule has 7 nitrogen and oxygen atoms in total. The summed E-state index contributed by atoms with van der Waals surface area (Å²) in [5.41, 5.74) is 4.17. The number of unbranched alkanes of at least 4 members (excludes halogenated alkanes) is 7. The third kappa shape index (κ3) is 13.5. The molecular formula is C34H51NO6PS+. The number of nitrogens with zero attached hydrogens (tertiary/aromatic N) is 1. The van der Waals surface area contributed by atoms with E-state index in [4.69, 9.17) is 18.5 Å². The van der Waals surface area contributed by atoms with Gasteiger partial charge in [-0.15, -0.1) is 0 Å². The van der Waals surface area contributed by atoms with E-state index >= 15 is 0 Å². The van der Waals surface area contributed by atoms with E-state index < -0.39 is 13.9 Å². The SMILES string of the molecule is CCCCCCCCCCC(CCC)c1ccccc1OCC(COP(=O)(O)Oc1cccc(C[n+]2ccsc2)c1)OC. The molecule has 0 aliphatic rings. The largest absolute Gasteiger partial charge is 0.527 e. The lowest BCUT2D eigenvalue weighted by molar-refractivity contribution is -0.683. The van der Waals surface area contributed by atoms with Crippen LogP contribution in [-0.4, -0.2) is 31.3 Å². The second-order valence-electron chi connectivity index (χ2n) is 11.2. The highest BCUT2D eigenvalue weighted by Crippen LogP contribution is 2.44. The molecule has 9 heteroatoms. The molecule has 1 N–H and O–H groups in total. The predicted octanol–water partition coefficient (Wildman–Crippen LogP) is 9.09. The Morgan fingerprint density at radius 3 is 2.40 bits per heavy atom. The van der Waals surface area contributed by atoms with Crippen LogP contribution < -0.4 is 13.8 Å². The minimum Gasteiger partial charge on any atom is -0.490 e. The number of para-hydroxylation sites is 1. The van der Waals surface area contributed by atoms with Crippen molar-refractivity contribution < 1.29 is 32.5 Å². The van der Waals surface area contributed by atoms with E-state index in [0.29, 0.717) is 12.5 Å². The van der Waals surface area contributed by atoms with Crippen molar-refractivity contribution in [3.8, 4) is 11.5 Å². The highest BCUT2D eigenvalue weighted by Gasteiger charge is 2.26. The van der Waals surface area contributed by atoms with Gasteiger partial charge in [-0.3, -0.25) is 9.42 Å². The zero-order valence-electron chi connectivity index (χ0n) is 26.2. The van der Waals surface area contributed by atoms with E-state index in [0.717, 1.165) is 30.6 Å². The lowest BCUT2D eigenvalue weighted by Crippen LogP contribution is -2.30. The van der Waals surface area contributed by atoms with E-state index in [9.17, 15) is 9.46 Å². The first-order valence-electron chi connectivity index (χ1n) is 15.9. The first-order chi connectivity index (χ1) is 20.9. The summed E-state index contributed by atoms with van der Waals surface area (Å²) in [6, 6.07) is 15.3. The fourth-order valence-electron chi connectivity index (χ4n) is 5.24. The van der Waals surface area contributed by atoms with Crippen molar-refractivity contribution in [2.24, 2.45) is 0 Å². The van der Waals surface area contributed by atoms with Crippen LogP contribution >= 0.6 is 19.2 Å². The quantitative estimate of drug-likeness (QED) is 0.0638. The van der Waals surface area contributed by atoms with Crippen molar-refractivity contribution in [3.05, 3.63) is 76.7 Å². The van der Waals surface area contributed by atoms with E-state index in [-0.39, 0.29) is 19.0 Å². The van der Waals surface area contributed by atoms with Crippen LogP contribution in [0.4, 0.5) is 0 Å². The molecule has 0 saturated heterocycles. The summed E-state index contributed by atoms with van der Waals surface area (Å²) in [4.78, 5) is 10.4.